The first-order valence-corrected chi connectivity index (χ1v) is 10.9. The summed E-state index contributed by atoms with van der Waals surface area (Å²) >= 11 is 0. The number of ether oxygens (including phenoxy) is 3. The van der Waals surface area contributed by atoms with Crippen LogP contribution in [0, 0.1) is 0 Å². The Labute approximate surface area is 197 Å². The zero-order valence-corrected chi connectivity index (χ0v) is 18.7. The third kappa shape index (κ3) is 5.96. The number of rotatable bonds is 8. The average Bonchev–Trinajstić information content (AvgIpc) is 3.33. The van der Waals surface area contributed by atoms with Crippen LogP contribution >= 0.6 is 0 Å². The Kier molecular flexibility index (Phi) is 7.47. The van der Waals surface area contributed by atoms with E-state index < -0.39 is 5.97 Å². The molecule has 0 aromatic heterocycles. The molecule has 0 bridgehead atoms. The maximum absolute atomic E-state index is 12.4. The highest BCUT2D eigenvalue weighted by atomic mass is 16.6. The summed E-state index contributed by atoms with van der Waals surface area (Å²) in [5, 5.41) is 4.04. The Morgan fingerprint density at radius 1 is 0.971 bits per heavy atom. The number of carbonyl (C=O) groups excluding carboxylic acids is 2. The number of fused-ring (bicyclic) bond motifs is 1. The molecule has 0 unspecified atom stereocenters. The van der Waals surface area contributed by atoms with Gasteiger partial charge in [0.15, 0.2) is 11.5 Å². The second-order valence-corrected chi connectivity index (χ2v) is 7.48. The van der Waals surface area contributed by atoms with Gasteiger partial charge in [-0.15, -0.1) is 0 Å². The summed E-state index contributed by atoms with van der Waals surface area (Å²) in [5.41, 5.74) is 6.72. The smallest absolute Gasteiger partial charge is 0.336 e. The average molecular weight is 456 g/mol. The van der Waals surface area contributed by atoms with Gasteiger partial charge >= 0.3 is 5.97 Å². The van der Waals surface area contributed by atoms with Crippen LogP contribution in [0.2, 0.25) is 0 Å². The van der Waals surface area contributed by atoms with Gasteiger partial charge in [-0.2, -0.15) is 5.10 Å². The lowest BCUT2D eigenvalue weighted by Gasteiger charge is -2.10. The maximum atomic E-state index is 12.4. The third-order valence-electron chi connectivity index (χ3n) is 5.05. The van der Waals surface area contributed by atoms with E-state index in [0.29, 0.717) is 42.4 Å². The van der Waals surface area contributed by atoms with Crippen LogP contribution in [0.4, 0.5) is 0 Å². The maximum Gasteiger partial charge on any atom is 0.336 e. The summed E-state index contributed by atoms with van der Waals surface area (Å²) in [4.78, 5) is 24.6. The lowest BCUT2D eigenvalue weighted by atomic mass is 10.1. The minimum atomic E-state index is -0.516. The molecule has 0 spiro atoms. The fraction of sp³-hybridized carbons (Fsp3) is 0.148. The van der Waals surface area contributed by atoms with E-state index in [1.54, 1.807) is 30.3 Å². The normalized spacial score (nSPS) is 12.6. The SMILES string of the molecule is CCOc1cc(C=NNC(=O)c2ccc3c(c2)COC3)ccc1OC(=O)/C=C/c1ccccc1. The Hall–Kier alpha value is -4.23. The molecule has 7 heteroatoms. The van der Waals surface area contributed by atoms with Gasteiger partial charge in [0, 0.05) is 11.6 Å². The fourth-order valence-corrected chi connectivity index (χ4v) is 3.37. The number of hydrogen-bond donors (Lipinski definition) is 1. The fourth-order valence-electron chi connectivity index (χ4n) is 3.37. The van der Waals surface area contributed by atoms with Gasteiger partial charge in [0.05, 0.1) is 26.0 Å². The van der Waals surface area contributed by atoms with Crippen molar-refractivity contribution in [3.05, 3.63) is 101 Å². The van der Waals surface area contributed by atoms with Crippen molar-refractivity contribution < 1.29 is 23.8 Å². The molecular formula is C27H24N2O5. The second-order valence-electron chi connectivity index (χ2n) is 7.48. The number of amides is 1. The highest BCUT2D eigenvalue weighted by molar-refractivity contribution is 5.95. The van der Waals surface area contributed by atoms with Gasteiger partial charge in [-0.25, -0.2) is 10.2 Å². The summed E-state index contributed by atoms with van der Waals surface area (Å²) in [6.45, 7) is 3.32. The summed E-state index contributed by atoms with van der Waals surface area (Å²) in [7, 11) is 0. The molecule has 1 aliphatic rings. The predicted molar refractivity (Wildman–Crippen MR) is 129 cm³/mol. The molecule has 4 rings (SSSR count). The van der Waals surface area contributed by atoms with Gasteiger partial charge in [0.1, 0.15) is 0 Å². The van der Waals surface area contributed by atoms with Crippen LogP contribution in [-0.2, 0) is 22.7 Å². The molecule has 0 radical (unpaired) electrons. The van der Waals surface area contributed by atoms with Crippen molar-refractivity contribution >= 4 is 24.2 Å². The Morgan fingerprint density at radius 2 is 1.79 bits per heavy atom. The van der Waals surface area contributed by atoms with Crippen LogP contribution < -0.4 is 14.9 Å². The molecule has 0 fully saturated rings. The number of esters is 1. The van der Waals surface area contributed by atoms with Crippen molar-refractivity contribution in [3.63, 3.8) is 0 Å². The molecule has 7 nitrogen and oxygen atoms in total. The van der Waals surface area contributed by atoms with E-state index in [2.05, 4.69) is 10.5 Å². The minimum absolute atomic E-state index is 0.297. The zero-order valence-electron chi connectivity index (χ0n) is 18.7. The second kappa shape index (κ2) is 11.1. The zero-order chi connectivity index (χ0) is 23.8. The number of nitrogens with zero attached hydrogens (tertiary/aromatic N) is 1. The predicted octanol–water partition coefficient (Wildman–Crippen LogP) is 4.50. The largest absolute Gasteiger partial charge is 0.490 e. The van der Waals surface area contributed by atoms with Crippen molar-refractivity contribution in [2.75, 3.05) is 6.61 Å². The number of hydrazone groups is 1. The van der Waals surface area contributed by atoms with Gasteiger partial charge in [0.2, 0.25) is 0 Å². The summed E-state index contributed by atoms with van der Waals surface area (Å²) in [6.07, 6.45) is 4.54. The summed E-state index contributed by atoms with van der Waals surface area (Å²) in [5.74, 6) is -0.131. The molecule has 1 amide bonds. The molecule has 1 heterocycles. The van der Waals surface area contributed by atoms with Crippen molar-refractivity contribution in [2.45, 2.75) is 20.1 Å². The van der Waals surface area contributed by atoms with E-state index in [1.807, 2.05) is 49.4 Å². The van der Waals surface area contributed by atoms with Gasteiger partial charge < -0.3 is 14.2 Å². The molecule has 0 aliphatic carbocycles. The molecule has 34 heavy (non-hydrogen) atoms. The van der Waals surface area contributed by atoms with Gasteiger partial charge in [0.25, 0.3) is 5.91 Å². The minimum Gasteiger partial charge on any atom is -0.490 e. The molecule has 3 aromatic carbocycles. The van der Waals surface area contributed by atoms with Crippen LogP contribution in [0.5, 0.6) is 11.5 Å². The molecule has 0 atom stereocenters. The first kappa shape index (κ1) is 22.9. The molecule has 172 valence electrons. The number of nitrogens with one attached hydrogen (secondary N) is 1. The summed E-state index contributed by atoms with van der Waals surface area (Å²) < 4.78 is 16.4. The Balaban J connectivity index is 1.39. The number of hydrogen-bond acceptors (Lipinski definition) is 6. The van der Waals surface area contributed by atoms with Crippen LogP contribution in [-0.4, -0.2) is 24.7 Å². The molecular weight excluding hydrogens is 432 g/mol. The van der Waals surface area contributed by atoms with Gasteiger partial charge in [-0.1, -0.05) is 36.4 Å². The summed E-state index contributed by atoms with van der Waals surface area (Å²) in [6, 6.07) is 20.0. The topological polar surface area (TPSA) is 86.2 Å². The van der Waals surface area contributed by atoms with Gasteiger partial charge in [-0.3, -0.25) is 4.79 Å². The van der Waals surface area contributed by atoms with E-state index in [-0.39, 0.29) is 5.91 Å². The Bertz CT molecular complexity index is 1240. The first-order valence-electron chi connectivity index (χ1n) is 10.9. The van der Waals surface area contributed by atoms with Crippen LogP contribution in [0.1, 0.15) is 39.5 Å². The van der Waals surface area contributed by atoms with Gasteiger partial charge in [-0.05, 0) is 65.6 Å². The van der Waals surface area contributed by atoms with E-state index >= 15 is 0 Å². The molecule has 1 aliphatic heterocycles. The van der Waals surface area contributed by atoms with E-state index in [9.17, 15) is 9.59 Å². The standard InChI is InChI=1S/C27H24N2O5/c1-2-33-25-14-20(8-12-24(25)34-26(30)13-9-19-6-4-3-5-7-19)16-28-29-27(31)21-10-11-22-17-32-18-23(22)15-21/h3-16H,2,17-18H2,1H3,(H,29,31)/b13-9+,28-16?. The van der Waals surface area contributed by atoms with Crippen molar-refractivity contribution in [2.24, 2.45) is 5.10 Å². The monoisotopic (exact) mass is 456 g/mol. The first-order chi connectivity index (χ1) is 16.6. The van der Waals surface area contributed by atoms with Crippen molar-refractivity contribution in [1.82, 2.24) is 5.43 Å². The highest BCUT2D eigenvalue weighted by Crippen LogP contribution is 2.28. The quantitative estimate of drug-likeness (QED) is 0.177. The highest BCUT2D eigenvalue weighted by Gasteiger charge is 2.14. The van der Waals surface area contributed by atoms with Crippen LogP contribution in [0.15, 0.2) is 77.9 Å². The van der Waals surface area contributed by atoms with Crippen LogP contribution in [0.3, 0.4) is 0 Å². The van der Waals surface area contributed by atoms with Crippen LogP contribution in [0.25, 0.3) is 6.08 Å². The van der Waals surface area contributed by atoms with E-state index in [0.717, 1.165) is 16.7 Å². The van der Waals surface area contributed by atoms with Crippen molar-refractivity contribution in [1.29, 1.82) is 0 Å². The molecule has 1 N–H and O–H groups in total. The molecule has 0 saturated carbocycles. The number of carbonyl (C=O) groups is 2. The van der Waals surface area contributed by atoms with E-state index in [1.165, 1.54) is 12.3 Å². The third-order valence-corrected chi connectivity index (χ3v) is 5.05. The van der Waals surface area contributed by atoms with E-state index in [4.69, 9.17) is 14.2 Å². The van der Waals surface area contributed by atoms with Crippen molar-refractivity contribution in [3.8, 4) is 11.5 Å². The lowest BCUT2D eigenvalue weighted by molar-refractivity contribution is -0.129. The Morgan fingerprint density at radius 3 is 2.62 bits per heavy atom. The number of benzene rings is 3. The molecule has 3 aromatic rings. The molecule has 0 saturated heterocycles. The lowest BCUT2D eigenvalue weighted by Crippen LogP contribution is -2.17.